The summed E-state index contributed by atoms with van der Waals surface area (Å²) in [5.74, 6) is 0.512. The van der Waals surface area contributed by atoms with E-state index in [1.807, 2.05) is 20.8 Å². The SMILES string of the molecule is CC(C)(C)OCCSc1nccc(C(F)(F)F)n1. The molecule has 102 valence electrons. The highest BCUT2D eigenvalue weighted by Gasteiger charge is 2.32. The Labute approximate surface area is 108 Å². The number of hydrogen-bond acceptors (Lipinski definition) is 4. The Morgan fingerprint density at radius 1 is 1.28 bits per heavy atom. The second-order valence-electron chi connectivity index (χ2n) is 4.53. The largest absolute Gasteiger partial charge is 0.433 e. The van der Waals surface area contributed by atoms with Crippen LogP contribution in [0.5, 0.6) is 0 Å². The Bertz CT molecular complexity index is 391. The van der Waals surface area contributed by atoms with Crippen molar-refractivity contribution >= 4 is 11.8 Å². The molecule has 0 atom stereocenters. The first-order valence-corrected chi connectivity index (χ1v) is 6.34. The van der Waals surface area contributed by atoms with Crippen molar-refractivity contribution in [3.63, 3.8) is 0 Å². The Hall–Kier alpha value is -0.820. The van der Waals surface area contributed by atoms with Gasteiger partial charge in [-0.15, -0.1) is 0 Å². The molecule has 0 aromatic carbocycles. The Balaban J connectivity index is 2.49. The third kappa shape index (κ3) is 5.68. The van der Waals surface area contributed by atoms with Gasteiger partial charge in [-0.3, -0.25) is 0 Å². The summed E-state index contributed by atoms with van der Waals surface area (Å²) in [6.45, 7) is 6.18. The van der Waals surface area contributed by atoms with Crippen molar-refractivity contribution in [2.75, 3.05) is 12.4 Å². The molecule has 0 aliphatic heterocycles. The van der Waals surface area contributed by atoms with E-state index in [1.54, 1.807) is 0 Å². The minimum Gasteiger partial charge on any atom is -0.375 e. The molecule has 0 bridgehead atoms. The van der Waals surface area contributed by atoms with Crippen molar-refractivity contribution in [3.8, 4) is 0 Å². The third-order valence-electron chi connectivity index (χ3n) is 1.77. The number of nitrogens with zero attached hydrogens (tertiary/aromatic N) is 2. The molecule has 0 amide bonds. The van der Waals surface area contributed by atoms with Crippen LogP contribution in [0.25, 0.3) is 0 Å². The van der Waals surface area contributed by atoms with E-state index in [1.165, 1.54) is 0 Å². The second-order valence-corrected chi connectivity index (χ2v) is 5.59. The summed E-state index contributed by atoms with van der Waals surface area (Å²) in [4.78, 5) is 7.23. The predicted molar refractivity (Wildman–Crippen MR) is 63.5 cm³/mol. The Morgan fingerprint density at radius 3 is 2.50 bits per heavy atom. The average molecular weight is 280 g/mol. The highest BCUT2D eigenvalue weighted by molar-refractivity contribution is 7.99. The maximum atomic E-state index is 12.4. The van der Waals surface area contributed by atoms with Crippen molar-refractivity contribution in [3.05, 3.63) is 18.0 Å². The molecule has 0 aliphatic rings. The standard InChI is InChI=1S/C11H15F3N2OS/c1-10(2,3)17-6-7-18-9-15-5-4-8(16-9)11(12,13)14/h4-5H,6-7H2,1-3H3. The first-order chi connectivity index (χ1) is 8.18. The molecular weight excluding hydrogens is 265 g/mol. The summed E-state index contributed by atoms with van der Waals surface area (Å²) in [6, 6.07) is 0.857. The predicted octanol–water partition coefficient (Wildman–Crippen LogP) is 3.40. The van der Waals surface area contributed by atoms with E-state index in [9.17, 15) is 13.2 Å². The molecule has 1 rings (SSSR count). The van der Waals surface area contributed by atoms with Crippen LogP contribution in [0.2, 0.25) is 0 Å². The van der Waals surface area contributed by atoms with Crippen molar-refractivity contribution in [2.45, 2.75) is 37.7 Å². The Morgan fingerprint density at radius 2 is 1.94 bits per heavy atom. The molecule has 18 heavy (non-hydrogen) atoms. The van der Waals surface area contributed by atoms with E-state index in [2.05, 4.69) is 9.97 Å². The molecule has 1 heterocycles. The first kappa shape index (κ1) is 15.2. The quantitative estimate of drug-likeness (QED) is 0.481. The van der Waals surface area contributed by atoms with Crippen LogP contribution in [-0.2, 0) is 10.9 Å². The highest BCUT2D eigenvalue weighted by atomic mass is 32.2. The number of alkyl halides is 3. The van der Waals surface area contributed by atoms with E-state index in [0.29, 0.717) is 12.4 Å². The molecule has 0 aliphatic carbocycles. The molecular formula is C11H15F3N2OS. The minimum atomic E-state index is -4.43. The zero-order valence-corrected chi connectivity index (χ0v) is 11.2. The van der Waals surface area contributed by atoms with E-state index in [-0.39, 0.29) is 10.8 Å². The molecule has 0 saturated carbocycles. The van der Waals surface area contributed by atoms with Crippen LogP contribution >= 0.6 is 11.8 Å². The lowest BCUT2D eigenvalue weighted by Crippen LogP contribution is -2.20. The van der Waals surface area contributed by atoms with Crippen LogP contribution in [0.15, 0.2) is 17.4 Å². The van der Waals surface area contributed by atoms with Gasteiger partial charge in [-0.25, -0.2) is 9.97 Å². The number of thioether (sulfide) groups is 1. The maximum absolute atomic E-state index is 12.4. The fraction of sp³-hybridized carbons (Fsp3) is 0.636. The summed E-state index contributed by atoms with van der Waals surface area (Å²) in [6.07, 6.45) is -3.32. The van der Waals surface area contributed by atoms with Crippen LogP contribution < -0.4 is 0 Å². The van der Waals surface area contributed by atoms with Gasteiger partial charge in [0, 0.05) is 11.9 Å². The van der Waals surface area contributed by atoms with E-state index in [4.69, 9.17) is 4.74 Å². The molecule has 0 radical (unpaired) electrons. The van der Waals surface area contributed by atoms with Gasteiger partial charge in [0.1, 0.15) is 5.69 Å². The number of ether oxygens (including phenoxy) is 1. The summed E-state index contributed by atoms with van der Waals surface area (Å²) in [7, 11) is 0. The number of aromatic nitrogens is 2. The lowest BCUT2D eigenvalue weighted by Gasteiger charge is -2.18. The van der Waals surface area contributed by atoms with Crippen LogP contribution in [-0.4, -0.2) is 27.9 Å². The average Bonchev–Trinajstić information content (AvgIpc) is 2.22. The van der Waals surface area contributed by atoms with Gasteiger partial charge in [0.05, 0.1) is 12.2 Å². The second kappa shape index (κ2) is 5.88. The van der Waals surface area contributed by atoms with Gasteiger partial charge in [-0.2, -0.15) is 13.2 Å². The van der Waals surface area contributed by atoms with E-state index in [0.717, 1.165) is 24.0 Å². The lowest BCUT2D eigenvalue weighted by atomic mass is 10.2. The molecule has 0 fully saturated rings. The topological polar surface area (TPSA) is 35.0 Å². The van der Waals surface area contributed by atoms with E-state index < -0.39 is 11.9 Å². The smallest absolute Gasteiger partial charge is 0.375 e. The minimum absolute atomic E-state index is 0.113. The first-order valence-electron chi connectivity index (χ1n) is 5.35. The monoisotopic (exact) mass is 280 g/mol. The summed E-state index contributed by atoms with van der Waals surface area (Å²) in [5.41, 5.74) is -1.17. The molecule has 0 spiro atoms. The van der Waals surface area contributed by atoms with Crippen molar-refractivity contribution < 1.29 is 17.9 Å². The molecule has 7 heteroatoms. The number of hydrogen-bond donors (Lipinski definition) is 0. The highest BCUT2D eigenvalue weighted by Crippen LogP contribution is 2.28. The van der Waals surface area contributed by atoms with Gasteiger partial charge in [0.15, 0.2) is 5.16 Å². The van der Waals surface area contributed by atoms with Crippen LogP contribution in [0.1, 0.15) is 26.5 Å². The summed E-state index contributed by atoms with van der Waals surface area (Å²) >= 11 is 1.14. The number of rotatable bonds is 4. The lowest BCUT2D eigenvalue weighted by molar-refractivity contribution is -0.141. The Kier molecular flexibility index (Phi) is 4.98. The van der Waals surface area contributed by atoms with E-state index >= 15 is 0 Å². The van der Waals surface area contributed by atoms with Gasteiger partial charge in [-0.05, 0) is 26.8 Å². The summed E-state index contributed by atoms with van der Waals surface area (Å²) < 4.78 is 42.6. The van der Waals surface area contributed by atoms with Gasteiger partial charge in [0.2, 0.25) is 0 Å². The molecule has 0 saturated heterocycles. The van der Waals surface area contributed by atoms with Crippen molar-refractivity contribution in [1.29, 1.82) is 0 Å². The fourth-order valence-corrected chi connectivity index (χ4v) is 1.70. The maximum Gasteiger partial charge on any atom is 0.433 e. The zero-order chi connectivity index (χ0) is 13.8. The van der Waals surface area contributed by atoms with Gasteiger partial charge >= 0.3 is 6.18 Å². The van der Waals surface area contributed by atoms with Crippen molar-refractivity contribution in [2.24, 2.45) is 0 Å². The van der Waals surface area contributed by atoms with Crippen LogP contribution in [0, 0.1) is 0 Å². The molecule has 3 nitrogen and oxygen atoms in total. The molecule has 0 unspecified atom stereocenters. The van der Waals surface area contributed by atoms with Crippen LogP contribution in [0.4, 0.5) is 13.2 Å². The fourth-order valence-electron chi connectivity index (χ4n) is 1.05. The van der Waals surface area contributed by atoms with Gasteiger partial charge in [-0.1, -0.05) is 11.8 Å². The third-order valence-corrected chi connectivity index (χ3v) is 2.60. The van der Waals surface area contributed by atoms with Crippen molar-refractivity contribution in [1.82, 2.24) is 9.97 Å². The van der Waals surface area contributed by atoms with Gasteiger partial charge in [0.25, 0.3) is 0 Å². The van der Waals surface area contributed by atoms with Crippen LogP contribution in [0.3, 0.4) is 0 Å². The molecule has 1 aromatic rings. The molecule has 1 aromatic heterocycles. The number of halogens is 3. The van der Waals surface area contributed by atoms with Gasteiger partial charge < -0.3 is 4.74 Å². The molecule has 0 N–H and O–H groups in total. The zero-order valence-electron chi connectivity index (χ0n) is 10.4. The summed E-state index contributed by atoms with van der Waals surface area (Å²) in [5, 5.41) is 0.113. The normalized spacial score (nSPS) is 12.8.